The van der Waals surface area contributed by atoms with Gasteiger partial charge in [0.05, 0.1) is 12.8 Å². The Hall–Kier alpha value is -1.52. The largest absolute Gasteiger partial charge is 0.502 e. The van der Waals surface area contributed by atoms with Crippen LogP contribution in [0, 0.1) is 5.41 Å². The van der Waals surface area contributed by atoms with Gasteiger partial charge in [-0.2, -0.15) is 4.98 Å². The summed E-state index contributed by atoms with van der Waals surface area (Å²) in [6, 6.07) is 0. The first-order chi connectivity index (χ1) is 9.54. The predicted molar refractivity (Wildman–Crippen MR) is 86.3 cm³/mol. The van der Waals surface area contributed by atoms with E-state index in [9.17, 15) is 5.11 Å². The van der Waals surface area contributed by atoms with Crippen LogP contribution in [0.5, 0.6) is 11.6 Å². The summed E-state index contributed by atoms with van der Waals surface area (Å²) >= 11 is 0. The van der Waals surface area contributed by atoms with E-state index in [-0.39, 0.29) is 22.5 Å². The van der Waals surface area contributed by atoms with Gasteiger partial charge >= 0.3 is 0 Å². The highest BCUT2D eigenvalue weighted by atomic mass is 16.5. The van der Waals surface area contributed by atoms with Gasteiger partial charge in [0.2, 0.25) is 11.7 Å². The monoisotopic (exact) mass is 295 g/mol. The molecule has 0 aliphatic carbocycles. The molecule has 120 valence electrons. The van der Waals surface area contributed by atoms with Crippen molar-refractivity contribution in [2.75, 3.05) is 26.1 Å². The van der Waals surface area contributed by atoms with Crippen LogP contribution in [0.3, 0.4) is 0 Å². The number of anilines is 1. The molecule has 1 atom stereocenters. The molecule has 0 saturated carbocycles. The Labute approximate surface area is 128 Å². The van der Waals surface area contributed by atoms with E-state index in [1.807, 2.05) is 19.0 Å². The quantitative estimate of drug-likeness (QED) is 0.902. The molecule has 0 spiro atoms. The lowest BCUT2D eigenvalue weighted by Gasteiger charge is -2.35. The van der Waals surface area contributed by atoms with E-state index >= 15 is 0 Å². The first-order valence-electron chi connectivity index (χ1n) is 7.37. The van der Waals surface area contributed by atoms with Crippen LogP contribution < -0.4 is 9.64 Å². The molecule has 0 radical (unpaired) electrons. The average Bonchev–Trinajstić information content (AvgIpc) is 2.36. The minimum absolute atomic E-state index is 0.0525. The van der Waals surface area contributed by atoms with E-state index in [1.54, 1.807) is 0 Å². The van der Waals surface area contributed by atoms with Crippen molar-refractivity contribution < 1.29 is 9.84 Å². The Bertz CT molecular complexity index is 495. The van der Waals surface area contributed by atoms with Crippen molar-refractivity contribution in [3.63, 3.8) is 0 Å². The summed E-state index contributed by atoms with van der Waals surface area (Å²) in [5.41, 5.74) is 0.562. The maximum atomic E-state index is 10.5. The van der Waals surface area contributed by atoms with Gasteiger partial charge in [-0.05, 0) is 18.3 Å². The van der Waals surface area contributed by atoms with Crippen LogP contribution >= 0.6 is 0 Å². The van der Waals surface area contributed by atoms with Crippen LogP contribution in [0.25, 0.3) is 0 Å². The molecule has 0 aliphatic heterocycles. The van der Waals surface area contributed by atoms with Crippen molar-refractivity contribution in [2.24, 2.45) is 5.41 Å². The number of ether oxygens (including phenoxy) is 1. The number of hydrogen-bond acceptors (Lipinski definition) is 5. The number of hydrogen-bond donors (Lipinski definition) is 1. The fourth-order valence-electron chi connectivity index (χ4n) is 2.73. The first kappa shape index (κ1) is 17.5. The standard InChI is InChI=1S/C16H29N3O2/c1-9-16(5,10-15(2,3)4)12-11(20)13(21-8)18-14(17-12)19(6)7/h20H,9-10H2,1-8H3. The number of aromatic hydroxyl groups is 1. The molecule has 1 unspecified atom stereocenters. The van der Waals surface area contributed by atoms with Crippen molar-refractivity contribution in [2.45, 2.75) is 52.9 Å². The van der Waals surface area contributed by atoms with Crippen LogP contribution in [0.2, 0.25) is 0 Å². The molecular weight excluding hydrogens is 266 g/mol. The molecule has 1 aromatic heterocycles. The molecular formula is C16H29N3O2. The maximum Gasteiger partial charge on any atom is 0.261 e. The topological polar surface area (TPSA) is 58.5 Å². The highest BCUT2D eigenvalue weighted by Crippen LogP contribution is 2.44. The zero-order valence-corrected chi connectivity index (χ0v) is 14.6. The smallest absolute Gasteiger partial charge is 0.261 e. The van der Waals surface area contributed by atoms with Gasteiger partial charge in [0, 0.05) is 19.5 Å². The molecule has 0 saturated heterocycles. The normalized spacial score (nSPS) is 14.7. The van der Waals surface area contributed by atoms with Gasteiger partial charge in [-0.3, -0.25) is 0 Å². The highest BCUT2D eigenvalue weighted by molar-refractivity contribution is 5.46. The van der Waals surface area contributed by atoms with Crippen LogP contribution in [0.4, 0.5) is 5.95 Å². The van der Waals surface area contributed by atoms with E-state index < -0.39 is 0 Å². The second-order valence-corrected chi connectivity index (χ2v) is 7.28. The second kappa shape index (κ2) is 6.08. The lowest BCUT2D eigenvalue weighted by atomic mass is 9.71. The molecule has 0 aliphatic rings. The summed E-state index contributed by atoms with van der Waals surface area (Å²) in [5, 5.41) is 10.5. The molecule has 21 heavy (non-hydrogen) atoms. The summed E-state index contributed by atoms with van der Waals surface area (Å²) in [6.07, 6.45) is 1.79. The summed E-state index contributed by atoms with van der Waals surface area (Å²) in [4.78, 5) is 10.6. The molecule has 0 aromatic carbocycles. The van der Waals surface area contributed by atoms with Crippen LogP contribution in [-0.4, -0.2) is 36.3 Å². The van der Waals surface area contributed by atoms with Crippen molar-refractivity contribution in [1.82, 2.24) is 9.97 Å². The third kappa shape index (κ3) is 3.99. The Kier molecular flexibility index (Phi) is 5.07. The highest BCUT2D eigenvalue weighted by Gasteiger charge is 2.36. The summed E-state index contributed by atoms with van der Waals surface area (Å²) in [6.45, 7) is 10.9. The number of rotatable bonds is 5. The number of nitrogens with zero attached hydrogens (tertiary/aromatic N) is 3. The van der Waals surface area contributed by atoms with Gasteiger partial charge in [0.15, 0.2) is 0 Å². The molecule has 1 rings (SSSR count). The van der Waals surface area contributed by atoms with Crippen LogP contribution in [-0.2, 0) is 5.41 Å². The third-order valence-corrected chi connectivity index (χ3v) is 3.71. The SMILES string of the molecule is CCC(C)(CC(C)(C)C)c1nc(N(C)C)nc(OC)c1O. The lowest BCUT2D eigenvalue weighted by Crippen LogP contribution is -2.30. The summed E-state index contributed by atoms with van der Waals surface area (Å²) in [7, 11) is 5.27. The lowest BCUT2D eigenvalue weighted by molar-refractivity contribution is 0.247. The Balaban J connectivity index is 3.47. The molecule has 5 heteroatoms. The van der Waals surface area contributed by atoms with Gasteiger partial charge < -0.3 is 14.7 Å². The molecule has 1 heterocycles. The molecule has 5 nitrogen and oxygen atoms in total. The summed E-state index contributed by atoms with van der Waals surface area (Å²) in [5.74, 6) is 0.835. The van der Waals surface area contributed by atoms with Gasteiger partial charge in [0.1, 0.15) is 0 Å². The fraction of sp³-hybridized carbons (Fsp3) is 0.750. The Morgan fingerprint density at radius 1 is 1.14 bits per heavy atom. The Morgan fingerprint density at radius 3 is 2.10 bits per heavy atom. The van der Waals surface area contributed by atoms with E-state index in [0.717, 1.165) is 12.8 Å². The minimum atomic E-state index is -0.233. The van der Waals surface area contributed by atoms with E-state index in [2.05, 4.69) is 44.6 Å². The van der Waals surface area contributed by atoms with Gasteiger partial charge in [-0.15, -0.1) is 0 Å². The summed E-state index contributed by atoms with van der Waals surface area (Å²) < 4.78 is 5.22. The zero-order chi connectivity index (χ0) is 16.4. The maximum absolute atomic E-state index is 10.5. The van der Waals surface area contributed by atoms with E-state index in [1.165, 1.54) is 7.11 Å². The van der Waals surface area contributed by atoms with Crippen LogP contribution in [0.15, 0.2) is 0 Å². The van der Waals surface area contributed by atoms with Gasteiger partial charge in [-0.25, -0.2) is 4.98 Å². The van der Waals surface area contributed by atoms with Crippen molar-refractivity contribution in [1.29, 1.82) is 0 Å². The second-order valence-electron chi connectivity index (χ2n) is 7.28. The predicted octanol–water partition coefficient (Wildman–Crippen LogP) is 3.36. The first-order valence-corrected chi connectivity index (χ1v) is 7.37. The third-order valence-electron chi connectivity index (χ3n) is 3.71. The van der Waals surface area contributed by atoms with Crippen molar-refractivity contribution in [3.05, 3.63) is 5.69 Å². The fourth-order valence-corrected chi connectivity index (χ4v) is 2.73. The number of methoxy groups -OCH3 is 1. The molecule has 0 amide bonds. The molecule has 1 aromatic rings. The zero-order valence-electron chi connectivity index (χ0n) is 14.6. The van der Waals surface area contributed by atoms with Crippen LogP contribution in [0.1, 0.15) is 53.2 Å². The van der Waals surface area contributed by atoms with E-state index in [0.29, 0.717) is 11.6 Å². The van der Waals surface area contributed by atoms with Crippen molar-refractivity contribution >= 4 is 5.95 Å². The average molecular weight is 295 g/mol. The molecule has 1 N–H and O–H groups in total. The van der Waals surface area contributed by atoms with Gasteiger partial charge in [-0.1, -0.05) is 34.6 Å². The minimum Gasteiger partial charge on any atom is -0.502 e. The molecule has 0 fully saturated rings. The Morgan fingerprint density at radius 2 is 1.71 bits per heavy atom. The van der Waals surface area contributed by atoms with Crippen molar-refractivity contribution in [3.8, 4) is 11.6 Å². The molecule has 0 bridgehead atoms. The van der Waals surface area contributed by atoms with E-state index in [4.69, 9.17) is 4.74 Å². The van der Waals surface area contributed by atoms with Gasteiger partial charge in [0.25, 0.3) is 5.88 Å². The number of aromatic nitrogens is 2.